The first kappa shape index (κ1) is 28.6. The van der Waals surface area contributed by atoms with Gasteiger partial charge >= 0.3 is 12.1 Å². The van der Waals surface area contributed by atoms with E-state index in [0.29, 0.717) is 41.8 Å². The standard InChI is InChI=1S/C25H24F3N3O2.2ClH/c1-15-10-22-19(14-21(30-31-22)17-8-5-9-18(13-17)25(26,27)28)23(11-15)33-24(32)20(29)12-16-6-3-2-4-7-16;;/h2-9,13-15,20,23H,10-12,29H2,1H3;2*1H/t15?,20-,23?;;/m0../s1. The molecule has 2 unspecified atom stereocenters. The van der Waals surface area contributed by atoms with Crippen LogP contribution in [0.3, 0.4) is 0 Å². The molecule has 1 aliphatic carbocycles. The smallest absolute Gasteiger partial charge is 0.416 e. The number of ether oxygens (including phenoxy) is 1. The van der Waals surface area contributed by atoms with Gasteiger partial charge in [0, 0.05) is 11.1 Å². The van der Waals surface area contributed by atoms with Crippen molar-refractivity contribution in [3.63, 3.8) is 0 Å². The third kappa shape index (κ3) is 6.93. The highest BCUT2D eigenvalue weighted by Gasteiger charge is 2.32. The molecule has 5 nitrogen and oxygen atoms in total. The van der Waals surface area contributed by atoms with E-state index in [1.807, 2.05) is 37.3 Å². The predicted molar refractivity (Wildman–Crippen MR) is 131 cm³/mol. The van der Waals surface area contributed by atoms with Gasteiger partial charge in [-0.3, -0.25) is 4.79 Å². The van der Waals surface area contributed by atoms with E-state index < -0.39 is 29.9 Å². The van der Waals surface area contributed by atoms with E-state index in [1.54, 1.807) is 12.1 Å². The first-order valence-electron chi connectivity index (χ1n) is 10.7. The normalized spacial score (nSPS) is 17.9. The van der Waals surface area contributed by atoms with Crippen LogP contribution in [0.25, 0.3) is 11.3 Å². The minimum absolute atomic E-state index is 0. The second kappa shape index (κ2) is 11.8. The molecule has 10 heteroatoms. The summed E-state index contributed by atoms with van der Waals surface area (Å²) >= 11 is 0. The third-order valence-corrected chi connectivity index (χ3v) is 5.75. The molecule has 188 valence electrons. The van der Waals surface area contributed by atoms with Gasteiger partial charge in [-0.2, -0.15) is 23.4 Å². The van der Waals surface area contributed by atoms with Crippen molar-refractivity contribution in [2.75, 3.05) is 0 Å². The molecule has 0 saturated carbocycles. The molecule has 0 spiro atoms. The molecule has 2 N–H and O–H groups in total. The third-order valence-electron chi connectivity index (χ3n) is 5.75. The van der Waals surface area contributed by atoms with E-state index in [-0.39, 0.29) is 30.7 Å². The SMILES string of the molecule is CC1Cc2nnc(-c3cccc(C(F)(F)F)c3)cc2C(OC(=O)[C@@H](N)Cc2ccccc2)C1.Cl.Cl. The van der Waals surface area contributed by atoms with E-state index in [2.05, 4.69) is 10.2 Å². The number of alkyl halides is 3. The van der Waals surface area contributed by atoms with Crippen molar-refractivity contribution in [3.05, 3.63) is 83.0 Å². The highest BCUT2D eigenvalue weighted by atomic mass is 35.5. The lowest BCUT2D eigenvalue weighted by Crippen LogP contribution is -2.36. The maximum absolute atomic E-state index is 13.1. The summed E-state index contributed by atoms with van der Waals surface area (Å²) in [7, 11) is 0. The van der Waals surface area contributed by atoms with Gasteiger partial charge in [0.2, 0.25) is 0 Å². The van der Waals surface area contributed by atoms with Gasteiger partial charge in [-0.05, 0) is 48.9 Å². The molecule has 2 aromatic carbocycles. The van der Waals surface area contributed by atoms with Crippen LogP contribution in [0.1, 0.15) is 41.8 Å². The van der Waals surface area contributed by atoms with Crippen LogP contribution in [0, 0.1) is 5.92 Å². The summed E-state index contributed by atoms with van der Waals surface area (Å²) in [5.74, 6) is -0.323. The summed E-state index contributed by atoms with van der Waals surface area (Å²) in [4.78, 5) is 12.7. The van der Waals surface area contributed by atoms with Crippen molar-refractivity contribution >= 4 is 30.8 Å². The van der Waals surface area contributed by atoms with Crippen LogP contribution in [0.4, 0.5) is 13.2 Å². The molecule has 0 radical (unpaired) electrons. The summed E-state index contributed by atoms with van der Waals surface area (Å²) in [6.07, 6.45) is -3.48. The zero-order valence-corrected chi connectivity index (χ0v) is 20.5. The first-order valence-corrected chi connectivity index (χ1v) is 10.7. The summed E-state index contributed by atoms with van der Waals surface area (Å²) < 4.78 is 45.2. The van der Waals surface area contributed by atoms with Crippen molar-refractivity contribution in [2.45, 2.75) is 44.5 Å². The molecule has 35 heavy (non-hydrogen) atoms. The van der Waals surface area contributed by atoms with Gasteiger partial charge in [-0.15, -0.1) is 24.8 Å². The molecule has 0 saturated heterocycles. The fraction of sp³-hybridized carbons (Fsp3) is 0.320. The number of nitrogens with zero attached hydrogens (tertiary/aromatic N) is 2. The second-order valence-electron chi connectivity index (χ2n) is 8.48. The zero-order valence-electron chi connectivity index (χ0n) is 18.9. The number of halogens is 5. The summed E-state index contributed by atoms with van der Waals surface area (Å²) in [5.41, 5.74) is 8.19. The quantitative estimate of drug-likeness (QED) is 0.428. The summed E-state index contributed by atoms with van der Waals surface area (Å²) in [6, 6.07) is 15.2. The molecular weight excluding hydrogens is 502 g/mol. The minimum Gasteiger partial charge on any atom is -0.456 e. The lowest BCUT2D eigenvalue weighted by Gasteiger charge is -2.29. The highest BCUT2D eigenvalue weighted by molar-refractivity contribution is 5.85. The van der Waals surface area contributed by atoms with Gasteiger partial charge < -0.3 is 10.5 Å². The van der Waals surface area contributed by atoms with Gasteiger partial charge in [0.1, 0.15) is 12.1 Å². The van der Waals surface area contributed by atoms with Gasteiger partial charge in [-0.1, -0.05) is 49.4 Å². The maximum Gasteiger partial charge on any atom is 0.416 e. The van der Waals surface area contributed by atoms with Gasteiger partial charge in [0.25, 0.3) is 0 Å². The van der Waals surface area contributed by atoms with Gasteiger partial charge in [0.15, 0.2) is 0 Å². The molecule has 1 aromatic heterocycles. The molecule has 0 fully saturated rings. The first-order chi connectivity index (χ1) is 15.7. The average Bonchev–Trinajstić information content (AvgIpc) is 2.79. The molecule has 0 bridgehead atoms. The largest absolute Gasteiger partial charge is 0.456 e. The second-order valence-corrected chi connectivity index (χ2v) is 8.48. The molecule has 1 heterocycles. The van der Waals surface area contributed by atoms with E-state index in [0.717, 1.165) is 17.7 Å². The Labute approximate surface area is 214 Å². The number of carbonyl (C=O) groups excluding carboxylic acids is 1. The number of hydrogen-bond donors (Lipinski definition) is 1. The van der Waals surface area contributed by atoms with Crippen LogP contribution in [0.2, 0.25) is 0 Å². The Morgan fingerprint density at radius 1 is 1.09 bits per heavy atom. The maximum atomic E-state index is 13.1. The van der Waals surface area contributed by atoms with Crippen LogP contribution in [0.15, 0.2) is 60.7 Å². The Bertz CT molecular complexity index is 1150. The van der Waals surface area contributed by atoms with Crippen molar-refractivity contribution in [1.29, 1.82) is 0 Å². The summed E-state index contributed by atoms with van der Waals surface area (Å²) in [5, 5.41) is 8.40. The van der Waals surface area contributed by atoms with Crippen LogP contribution >= 0.6 is 24.8 Å². The number of fused-ring (bicyclic) bond motifs is 1. The van der Waals surface area contributed by atoms with Gasteiger partial charge in [0.05, 0.1) is 17.0 Å². The Hall–Kier alpha value is -2.68. The van der Waals surface area contributed by atoms with Crippen molar-refractivity contribution in [3.8, 4) is 11.3 Å². The Morgan fingerprint density at radius 2 is 1.80 bits per heavy atom. The van der Waals surface area contributed by atoms with Crippen molar-refractivity contribution in [1.82, 2.24) is 10.2 Å². The number of nitrogens with two attached hydrogens (primary N) is 1. The molecule has 4 rings (SSSR count). The Balaban J connectivity index is 0.00000216. The van der Waals surface area contributed by atoms with Crippen LogP contribution in [-0.2, 0) is 28.5 Å². The average molecular weight is 528 g/mol. The summed E-state index contributed by atoms with van der Waals surface area (Å²) in [6.45, 7) is 2.02. The van der Waals surface area contributed by atoms with Crippen LogP contribution < -0.4 is 5.73 Å². The zero-order chi connectivity index (χ0) is 23.6. The van der Waals surface area contributed by atoms with E-state index in [9.17, 15) is 18.0 Å². The molecule has 0 amide bonds. The Morgan fingerprint density at radius 3 is 2.49 bits per heavy atom. The number of hydrogen-bond acceptors (Lipinski definition) is 5. The molecule has 3 aromatic rings. The monoisotopic (exact) mass is 527 g/mol. The van der Waals surface area contributed by atoms with Gasteiger partial charge in [-0.25, -0.2) is 0 Å². The number of benzene rings is 2. The van der Waals surface area contributed by atoms with Crippen LogP contribution in [-0.4, -0.2) is 22.2 Å². The predicted octanol–water partition coefficient (Wildman–Crippen LogP) is 5.74. The van der Waals surface area contributed by atoms with E-state index in [1.165, 1.54) is 6.07 Å². The van der Waals surface area contributed by atoms with E-state index >= 15 is 0 Å². The highest BCUT2D eigenvalue weighted by Crippen LogP contribution is 2.37. The molecule has 1 aliphatic rings. The van der Waals surface area contributed by atoms with Crippen molar-refractivity contribution < 1.29 is 22.7 Å². The fourth-order valence-electron chi connectivity index (χ4n) is 4.06. The lowest BCUT2D eigenvalue weighted by atomic mass is 9.85. The number of rotatable bonds is 5. The topological polar surface area (TPSA) is 78.1 Å². The Kier molecular flexibility index (Phi) is 9.66. The minimum atomic E-state index is -4.46. The molecule has 0 aliphatic heterocycles. The number of aromatic nitrogens is 2. The molecular formula is C25H26Cl2F3N3O2. The van der Waals surface area contributed by atoms with E-state index in [4.69, 9.17) is 10.5 Å². The number of carbonyl (C=O) groups is 1. The fourth-order valence-corrected chi connectivity index (χ4v) is 4.06. The number of esters is 1. The van der Waals surface area contributed by atoms with Crippen molar-refractivity contribution in [2.24, 2.45) is 11.7 Å². The molecule has 3 atom stereocenters. The lowest BCUT2D eigenvalue weighted by molar-refractivity contribution is -0.152. The van der Waals surface area contributed by atoms with Crippen LogP contribution in [0.5, 0.6) is 0 Å².